The first-order valence-corrected chi connectivity index (χ1v) is 5.53. The molecule has 1 atom stereocenters. The Labute approximate surface area is 104 Å². The van der Waals surface area contributed by atoms with Gasteiger partial charge in [0.2, 0.25) is 29.1 Å². The zero-order chi connectivity index (χ0) is 16.0. The molecule has 0 saturated carbocycles. The molecule has 1 aromatic rings. The minimum atomic E-state index is -6.50. The third-order valence-electron chi connectivity index (χ3n) is 1.99. The highest BCUT2D eigenvalue weighted by molar-refractivity contribution is 7.54. The first kappa shape index (κ1) is 16.7. The zero-order valence-electron chi connectivity index (χ0n) is 8.64. The average Bonchev–Trinajstić information content (AvgIpc) is 2.32. The fourth-order valence-electron chi connectivity index (χ4n) is 1.03. The molecular weight excluding hydrogens is 333 g/mol. The summed E-state index contributed by atoms with van der Waals surface area (Å²) in [6, 6.07) is 0. The molecule has 12 heteroatoms. The highest BCUT2D eigenvalue weighted by Gasteiger charge is 2.75. The van der Waals surface area contributed by atoms with Crippen LogP contribution < -0.4 is 5.30 Å². The van der Waals surface area contributed by atoms with E-state index in [4.69, 9.17) is 0 Å². The Balaban J connectivity index is 3.62. The van der Waals surface area contributed by atoms with Crippen molar-refractivity contribution in [3.8, 4) is 0 Å². The van der Waals surface area contributed by atoms with Crippen LogP contribution in [0.15, 0.2) is 0 Å². The van der Waals surface area contributed by atoms with Crippen molar-refractivity contribution in [2.75, 3.05) is 0 Å². The van der Waals surface area contributed by atoms with Crippen molar-refractivity contribution in [2.45, 2.75) is 11.8 Å². The number of rotatable bonds is 2. The van der Waals surface area contributed by atoms with Gasteiger partial charge in [-0.3, -0.25) is 0 Å². The number of halogens is 10. The van der Waals surface area contributed by atoms with Gasteiger partial charge < -0.3 is 0 Å². The van der Waals surface area contributed by atoms with Gasteiger partial charge in [-0.2, -0.15) is 22.0 Å². The van der Waals surface area contributed by atoms with Crippen molar-refractivity contribution in [2.24, 2.45) is 0 Å². The molecule has 0 bridgehead atoms. The van der Waals surface area contributed by atoms with Crippen LogP contribution in [0.1, 0.15) is 0 Å². The van der Waals surface area contributed by atoms with Crippen LogP contribution in [0.3, 0.4) is 0 Å². The van der Waals surface area contributed by atoms with Gasteiger partial charge in [0, 0.05) is 0 Å². The molecule has 20 heavy (non-hydrogen) atoms. The van der Waals surface area contributed by atoms with Crippen LogP contribution in [0.5, 0.6) is 0 Å². The van der Waals surface area contributed by atoms with Crippen LogP contribution in [0, 0.1) is 29.1 Å². The number of hydrogen-bond acceptors (Lipinski definition) is 1. The lowest BCUT2D eigenvalue weighted by atomic mass is 10.3. The lowest BCUT2D eigenvalue weighted by Crippen LogP contribution is -2.36. The molecule has 1 aromatic carbocycles. The second-order valence-corrected chi connectivity index (χ2v) is 4.85. The topological polar surface area (TPSA) is 17.1 Å². The lowest BCUT2D eigenvalue weighted by Gasteiger charge is -2.10. The second-order valence-electron chi connectivity index (χ2n) is 3.25. The minimum Gasteiger partial charge on any atom is -0.200 e. The molecular formula is C8F10OP+. The van der Waals surface area contributed by atoms with Gasteiger partial charge in [0.05, 0.1) is 0 Å². The van der Waals surface area contributed by atoms with Crippen LogP contribution >= 0.6 is 7.80 Å². The van der Waals surface area contributed by atoms with E-state index >= 15 is 0 Å². The molecule has 0 N–H and O–H groups in total. The molecule has 0 spiro atoms. The molecule has 0 radical (unpaired) electrons. The normalized spacial score (nSPS) is 13.6. The van der Waals surface area contributed by atoms with Crippen molar-refractivity contribution >= 4 is 13.1 Å². The predicted molar refractivity (Wildman–Crippen MR) is 44.5 cm³/mol. The van der Waals surface area contributed by atoms with Crippen molar-refractivity contribution in [1.29, 1.82) is 0 Å². The first-order valence-electron chi connectivity index (χ1n) is 4.27. The van der Waals surface area contributed by atoms with E-state index in [2.05, 4.69) is 0 Å². The third-order valence-corrected chi connectivity index (χ3v) is 3.55. The molecule has 1 rings (SSSR count). The van der Waals surface area contributed by atoms with Crippen LogP contribution in [0.25, 0.3) is 0 Å². The van der Waals surface area contributed by atoms with Gasteiger partial charge in [-0.05, 0) is 0 Å². The predicted octanol–water partition coefficient (Wildman–Crippen LogP) is 3.99. The Morgan fingerprint density at radius 1 is 0.650 bits per heavy atom. The van der Waals surface area contributed by atoms with Crippen molar-refractivity contribution in [3.05, 3.63) is 29.1 Å². The van der Waals surface area contributed by atoms with Crippen molar-refractivity contribution < 1.29 is 48.5 Å². The monoisotopic (exact) mass is 333 g/mol. The number of benzene rings is 1. The molecule has 112 valence electrons. The SMILES string of the molecule is O=[P+](c1c(F)c(F)c(F)c(F)c1F)C(F)(F)C(F)(F)F. The Bertz CT molecular complexity index is 549. The molecule has 0 aromatic heterocycles. The summed E-state index contributed by atoms with van der Waals surface area (Å²) >= 11 is 0. The number of hydrogen-bond donors (Lipinski definition) is 0. The van der Waals surface area contributed by atoms with Gasteiger partial charge in [0.15, 0.2) is 0 Å². The summed E-state index contributed by atoms with van der Waals surface area (Å²) in [7, 11) is -5.30. The van der Waals surface area contributed by atoms with Crippen molar-refractivity contribution in [1.82, 2.24) is 0 Å². The molecule has 0 amide bonds. The van der Waals surface area contributed by atoms with Gasteiger partial charge >= 0.3 is 19.6 Å². The number of alkyl halides is 5. The van der Waals surface area contributed by atoms with Gasteiger partial charge in [-0.15, -0.1) is 8.78 Å². The third kappa shape index (κ3) is 2.34. The van der Waals surface area contributed by atoms with E-state index in [1.807, 2.05) is 0 Å². The molecule has 1 unspecified atom stereocenters. The fraction of sp³-hybridized carbons (Fsp3) is 0.250. The minimum absolute atomic E-state index is 2.71. The molecule has 0 aliphatic carbocycles. The Hall–Kier alpha value is -1.38. The van der Waals surface area contributed by atoms with Crippen LogP contribution in [-0.4, -0.2) is 11.8 Å². The quantitative estimate of drug-likeness (QED) is 0.346. The highest BCUT2D eigenvalue weighted by Crippen LogP contribution is 2.52. The molecule has 0 aliphatic heterocycles. The Kier molecular flexibility index (Phi) is 4.06. The van der Waals surface area contributed by atoms with E-state index in [-0.39, 0.29) is 0 Å². The maximum absolute atomic E-state index is 13.0. The molecule has 0 aliphatic rings. The maximum Gasteiger partial charge on any atom is 0.545 e. The largest absolute Gasteiger partial charge is 0.545 e. The first-order chi connectivity index (χ1) is 8.84. The molecule has 0 saturated heterocycles. The Morgan fingerprint density at radius 3 is 1.25 bits per heavy atom. The summed E-state index contributed by atoms with van der Waals surface area (Å²) in [5.41, 5.74) is -6.17. The van der Waals surface area contributed by atoms with E-state index in [1.165, 1.54) is 0 Å². The highest BCUT2D eigenvalue weighted by atomic mass is 31.1. The summed E-state index contributed by atoms with van der Waals surface area (Å²) in [6.45, 7) is 0. The standard InChI is InChI=1S/C8F10OP/c9-1-2(10)4(12)6(5(13)3(1)11)20(19)8(17,18)7(14,15)16/q+1. The zero-order valence-corrected chi connectivity index (χ0v) is 9.53. The van der Waals surface area contributed by atoms with Crippen molar-refractivity contribution in [3.63, 3.8) is 0 Å². The Morgan fingerprint density at radius 2 is 0.950 bits per heavy atom. The average molecular weight is 333 g/mol. The summed E-state index contributed by atoms with van der Waals surface area (Å²) in [5, 5.41) is -2.71. The molecule has 0 heterocycles. The van der Waals surface area contributed by atoms with Crippen LogP contribution in [0.2, 0.25) is 0 Å². The van der Waals surface area contributed by atoms with Gasteiger partial charge in [-0.25, -0.2) is 13.2 Å². The fourth-order valence-corrected chi connectivity index (χ4v) is 2.09. The summed E-state index contributed by atoms with van der Waals surface area (Å²) in [5.74, 6) is -14.3. The second kappa shape index (κ2) is 4.87. The van der Waals surface area contributed by atoms with E-state index in [1.54, 1.807) is 0 Å². The summed E-state index contributed by atoms with van der Waals surface area (Å²) in [4.78, 5) is 0. The summed E-state index contributed by atoms with van der Waals surface area (Å²) < 4.78 is 136. The summed E-state index contributed by atoms with van der Waals surface area (Å²) in [6.07, 6.45) is -6.50. The molecule has 1 nitrogen and oxygen atoms in total. The van der Waals surface area contributed by atoms with Crippen LogP contribution in [0.4, 0.5) is 43.9 Å². The van der Waals surface area contributed by atoms with Gasteiger partial charge in [0.1, 0.15) is 0 Å². The van der Waals surface area contributed by atoms with Crippen LogP contribution in [-0.2, 0) is 4.57 Å². The van der Waals surface area contributed by atoms with E-state index in [9.17, 15) is 48.5 Å². The van der Waals surface area contributed by atoms with E-state index < -0.39 is 54.0 Å². The maximum atomic E-state index is 13.0. The lowest BCUT2D eigenvalue weighted by molar-refractivity contribution is -0.240. The van der Waals surface area contributed by atoms with E-state index in [0.29, 0.717) is 0 Å². The van der Waals surface area contributed by atoms with E-state index in [0.717, 1.165) is 0 Å². The smallest absolute Gasteiger partial charge is 0.200 e. The van der Waals surface area contributed by atoms with Gasteiger partial charge in [0.25, 0.3) is 5.30 Å². The molecule has 0 fully saturated rings. The van der Waals surface area contributed by atoms with Gasteiger partial charge in [-0.1, -0.05) is 4.57 Å².